The lowest BCUT2D eigenvalue weighted by Gasteiger charge is -2.39. The van der Waals surface area contributed by atoms with Crippen molar-refractivity contribution in [3.8, 4) is 56.4 Å². The fourth-order valence-electron chi connectivity index (χ4n) is 7.89. The minimum absolute atomic E-state index is 0.397. The molecule has 2 aliphatic rings. The minimum Gasteiger partial charge on any atom is -0.208 e. The van der Waals surface area contributed by atoms with E-state index in [-0.39, 0.29) is 0 Å². The van der Waals surface area contributed by atoms with E-state index >= 15 is 0 Å². The van der Waals surface area contributed by atoms with E-state index in [4.69, 9.17) is 15.0 Å². The molecule has 1 aliphatic carbocycles. The van der Waals surface area contributed by atoms with Crippen LogP contribution in [0.4, 0.5) is 0 Å². The Morgan fingerprint density at radius 1 is 0.320 bits per heavy atom. The van der Waals surface area contributed by atoms with Gasteiger partial charge >= 0.3 is 0 Å². The van der Waals surface area contributed by atoms with Gasteiger partial charge in [0.15, 0.2) is 17.5 Å². The first-order valence-electron chi connectivity index (χ1n) is 16.9. The lowest BCUT2D eigenvalue weighted by molar-refractivity contribution is 0.722. The minimum atomic E-state index is -0.397. The van der Waals surface area contributed by atoms with Crippen LogP contribution in [0.1, 0.15) is 22.3 Å². The molecule has 10 rings (SSSR count). The Bertz CT molecular complexity index is 2480. The van der Waals surface area contributed by atoms with E-state index in [9.17, 15) is 0 Å². The number of aromatic nitrogens is 3. The lowest BCUT2D eigenvalue weighted by Crippen LogP contribution is -2.31. The Morgan fingerprint density at radius 2 is 0.780 bits per heavy atom. The molecule has 1 aromatic heterocycles. The van der Waals surface area contributed by atoms with Crippen LogP contribution in [0.25, 0.3) is 56.4 Å². The van der Waals surface area contributed by atoms with E-state index in [0.29, 0.717) is 17.5 Å². The van der Waals surface area contributed by atoms with Gasteiger partial charge in [0.1, 0.15) is 0 Å². The van der Waals surface area contributed by atoms with Crippen molar-refractivity contribution in [2.24, 2.45) is 0 Å². The van der Waals surface area contributed by atoms with Gasteiger partial charge in [-0.25, -0.2) is 15.0 Å². The Balaban J connectivity index is 1.18. The highest BCUT2D eigenvalue weighted by Gasteiger charge is 2.50. The van der Waals surface area contributed by atoms with Gasteiger partial charge in [-0.3, -0.25) is 0 Å². The quantitative estimate of drug-likeness (QED) is 0.189. The first-order valence-corrected chi connectivity index (χ1v) is 17.7. The van der Waals surface area contributed by atoms with Gasteiger partial charge in [0.25, 0.3) is 0 Å². The molecule has 1 spiro atoms. The smallest absolute Gasteiger partial charge is 0.164 e. The van der Waals surface area contributed by atoms with Gasteiger partial charge in [-0.15, -0.1) is 0 Å². The normalized spacial score (nSPS) is 13.3. The van der Waals surface area contributed by atoms with Gasteiger partial charge < -0.3 is 0 Å². The molecular formula is C46H29N3S. The molecule has 50 heavy (non-hydrogen) atoms. The van der Waals surface area contributed by atoms with Crippen molar-refractivity contribution < 1.29 is 0 Å². The number of fused-ring (bicyclic) bond motifs is 9. The van der Waals surface area contributed by atoms with E-state index in [2.05, 4.69) is 115 Å². The largest absolute Gasteiger partial charge is 0.208 e. The molecule has 0 bridgehead atoms. The van der Waals surface area contributed by atoms with Crippen LogP contribution in [0.3, 0.4) is 0 Å². The molecule has 0 N–H and O–H groups in total. The van der Waals surface area contributed by atoms with Crippen LogP contribution in [0.2, 0.25) is 0 Å². The molecule has 0 fully saturated rings. The van der Waals surface area contributed by atoms with Crippen molar-refractivity contribution in [1.82, 2.24) is 15.0 Å². The Hall–Kier alpha value is -6.10. The molecular weight excluding hydrogens is 627 g/mol. The van der Waals surface area contributed by atoms with Crippen LogP contribution in [-0.2, 0) is 5.41 Å². The molecule has 0 unspecified atom stereocenters. The van der Waals surface area contributed by atoms with Crippen LogP contribution in [0.5, 0.6) is 0 Å². The second-order valence-electron chi connectivity index (χ2n) is 12.7. The summed E-state index contributed by atoms with van der Waals surface area (Å²) in [5, 5.41) is 0. The predicted octanol–water partition coefficient (Wildman–Crippen LogP) is 11.4. The Labute approximate surface area is 295 Å². The number of hydrogen-bond acceptors (Lipinski definition) is 4. The first kappa shape index (κ1) is 28.9. The summed E-state index contributed by atoms with van der Waals surface area (Å²) in [6.07, 6.45) is 0. The zero-order chi connectivity index (χ0) is 33.1. The summed E-state index contributed by atoms with van der Waals surface area (Å²) in [7, 11) is 0. The van der Waals surface area contributed by atoms with Crippen molar-refractivity contribution in [3.63, 3.8) is 0 Å². The van der Waals surface area contributed by atoms with Crippen LogP contribution >= 0.6 is 11.8 Å². The third-order valence-corrected chi connectivity index (χ3v) is 11.2. The van der Waals surface area contributed by atoms with Gasteiger partial charge in [-0.2, -0.15) is 0 Å². The van der Waals surface area contributed by atoms with Crippen LogP contribution in [0, 0.1) is 0 Å². The van der Waals surface area contributed by atoms with E-state index in [1.165, 1.54) is 43.2 Å². The molecule has 3 nitrogen and oxygen atoms in total. The van der Waals surface area contributed by atoms with Crippen LogP contribution in [0.15, 0.2) is 186 Å². The SMILES string of the molecule is c1ccc(-c2nc(-c3ccccc3)nc(-c3ccccc3-c3ccc4c(c3)Sc3ccccc3C43c4ccccc4-c4ccccc43)n2)cc1. The third-order valence-electron chi connectivity index (χ3n) is 10.0. The summed E-state index contributed by atoms with van der Waals surface area (Å²) in [5.74, 6) is 1.96. The third kappa shape index (κ3) is 4.35. The predicted molar refractivity (Wildman–Crippen MR) is 203 cm³/mol. The van der Waals surface area contributed by atoms with Crippen molar-refractivity contribution in [1.29, 1.82) is 0 Å². The first-order chi connectivity index (χ1) is 24.8. The number of benzene rings is 7. The monoisotopic (exact) mass is 655 g/mol. The molecule has 1 aliphatic heterocycles. The molecule has 7 aromatic carbocycles. The van der Waals surface area contributed by atoms with Gasteiger partial charge in [0.2, 0.25) is 0 Å². The highest BCUT2D eigenvalue weighted by molar-refractivity contribution is 7.99. The van der Waals surface area contributed by atoms with Crippen LogP contribution in [-0.4, -0.2) is 15.0 Å². The fourth-order valence-corrected chi connectivity index (χ4v) is 9.12. The zero-order valence-corrected chi connectivity index (χ0v) is 27.8. The summed E-state index contributed by atoms with van der Waals surface area (Å²) in [4.78, 5) is 17.6. The van der Waals surface area contributed by atoms with Crippen molar-refractivity contribution in [3.05, 3.63) is 198 Å². The average molecular weight is 656 g/mol. The maximum absolute atomic E-state index is 5.08. The molecule has 0 saturated heterocycles. The summed E-state index contributed by atoms with van der Waals surface area (Å²) in [5.41, 5.74) is 12.7. The topological polar surface area (TPSA) is 38.7 Å². The maximum atomic E-state index is 5.08. The molecule has 234 valence electrons. The number of rotatable bonds is 4. The summed E-state index contributed by atoms with van der Waals surface area (Å²) in [6, 6.07) is 62.6. The summed E-state index contributed by atoms with van der Waals surface area (Å²) in [6.45, 7) is 0. The van der Waals surface area contributed by atoms with E-state index in [0.717, 1.165) is 27.8 Å². The van der Waals surface area contributed by atoms with Gasteiger partial charge in [0.05, 0.1) is 5.41 Å². The van der Waals surface area contributed by atoms with E-state index in [1.54, 1.807) is 0 Å². The highest BCUT2D eigenvalue weighted by Crippen LogP contribution is 2.62. The highest BCUT2D eigenvalue weighted by atomic mass is 32.2. The van der Waals surface area contributed by atoms with Crippen molar-refractivity contribution in [2.45, 2.75) is 15.2 Å². The fraction of sp³-hybridized carbons (Fsp3) is 0.0217. The maximum Gasteiger partial charge on any atom is 0.164 e. The van der Waals surface area contributed by atoms with E-state index < -0.39 is 5.41 Å². The second kappa shape index (κ2) is 11.5. The Kier molecular flexibility index (Phi) is 6.64. The molecule has 0 saturated carbocycles. The van der Waals surface area contributed by atoms with Crippen molar-refractivity contribution in [2.75, 3.05) is 0 Å². The summed E-state index contributed by atoms with van der Waals surface area (Å²) < 4.78 is 0. The zero-order valence-electron chi connectivity index (χ0n) is 27.0. The molecule has 0 amide bonds. The molecule has 8 aromatic rings. The molecule has 0 atom stereocenters. The van der Waals surface area contributed by atoms with Gasteiger partial charge in [0, 0.05) is 26.5 Å². The standard InChI is InChI=1S/C46H29N3S/c1-3-15-30(16-4-1)43-47-44(31-17-5-2-6-18-31)49-45(48-43)36-22-8-7-19-33(36)32-27-28-40-42(29-32)50-41-26-14-13-25-39(41)46(40)37-23-11-9-20-34(37)35-21-10-12-24-38(35)46/h1-29H. The van der Waals surface area contributed by atoms with Crippen molar-refractivity contribution >= 4 is 11.8 Å². The molecule has 4 heteroatoms. The second-order valence-corrected chi connectivity index (χ2v) is 13.8. The number of nitrogens with zero attached hydrogens (tertiary/aromatic N) is 3. The molecule has 2 heterocycles. The van der Waals surface area contributed by atoms with Gasteiger partial charge in [-0.05, 0) is 56.6 Å². The molecule has 0 radical (unpaired) electrons. The number of hydrogen-bond donors (Lipinski definition) is 0. The van der Waals surface area contributed by atoms with Crippen LogP contribution < -0.4 is 0 Å². The summed E-state index contributed by atoms with van der Waals surface area (Å²) >= 11 is 1.86. The lowest BCUT2D eigenvalue weighted by atomic mass is 9.67. The average Bonchev–Trinajstić information content (AvgIpc) is 3.49. The Morgan fingerprint density at radius 3 is 1.40 bits per heavy atom. The van der Waals surface area contributed by atoms with E-state index in [1.807, 2.05) is 72.4 Å². The van der Waals surface area contributed by atoms with Gasteiger partial charge in [-0.1, -0.05) is 176 Å².